The summed E-state index contributed by atoms with van der Waals surface area (Å²) in [7, 11) is 0. The van der Waals surface area contributed by atoms with Crippen molar-refractivity contribution in [1.29, 1.82) is 0 Å². The number of hydrogen-bond donors (Lipinski definition) is 2. The third kappa shape index (κ3) is 3.88. The maximum atomic E-state index is 11.8. The summed E-state index contributed by atoms with van der Waals surface area (Å²) in [5.74, 6) is 1.55. The van der Waals surface area contributed by atoms with Gasteiger partial charge in [0.15, 0.2) is 0 Å². The molecule has 4 heteroatoms. The Bertz CT molecular complexity index is 356. The van der Waals surface area contributed by atoms with Crippen molar-refractivity contribution in [3.8, 4) is 0 Å². The van der Waals surface area contributed by atoms with Crippen LogP contribution >= 0.6 is 0 Å². The molecule has 2 rings (SSSR count). The van der Waals surface area contributed by atoms with Crippen LogP contribution in [0.5, 0.6) is 0 Å². The van der Waals surface area contributed by atoms with Crippen LogP contribution in [0.25, 0.3) is 0 Å². The average molecular weight is 250 g/mol. The average Bonchev–Trinajstić information content (AvgIpc) is 2.90. The largest absolute Gasteiger partial charge is 0.469 e. The minimum atomic E-state index is 0.115. The van der Waals surface area contributed by atoms with Crippen molar-refractivity contribution in [3.05, 3.63) is 24.2 Å². The lowest BCUT2D eigenvalue weighted by Crippen LogP contribution is -2.44. The molecule has 1 fully saturated rings. The van der Waals surface area contributed by atoms with E-state index in [-0.39, 0.29) is 11.9 Å². The fraction of sp³-hybridized carbons (Fsp3) is 0.643. The molecule has 4 nitrogen and oxygen atoms in total. The summed E-state index contributed by atoms with van der Waals surface area (Å²) in [6.07, 6.45) is 5.22. The molecule has 0 saturated carbocycles. The lowest BCUT2D eigenvalue weighted by Gasteiger charge is -2.28. The van der Waals surface area contributed by atoms with E-state index in [2.05, 4.69) is 17.6 Å². The van der Waals surface area contributed by atoms with Crippen molar-refractivity contribution in [2.75, 3.05) is 13.1 Å². The van der Waals surface area contributed by atoms with E-state index in [4.69, 9.17) is 4.42 Å². The van der Waals surface area contributed by atoms with Crippen LogP contribution in [0.2, 0.25) is 0 Å². The molecule has 0 spiro atoms. The monoisotopic (exact) mass is 250 g/mol. The lowest BCUT2D eigenvalue weighted by molar-refractivity contribution is -0.122. The summed E-state index contributed by atoms with van der Waals surface area (Å²) >= 11 is 0. The van der Waals surface area contributed by atoms with E-state index < -0.39 is 0 Å². The smallest absolute Gasteiger partial charge is 0.220 e. The van der Waals surface area contributed by atoms with Gasteiger partial charge in [-0.1, -0.05) is 0 Å². The van der Waals surface area contributed by atoms with Crippen LogP contribution in [0.4, 0.5) is 0 Å². The second kappa shape index (κ2) is 6.59. The summed E-state index contributed by atoms with van der Waals surface area (Å²) in [6.45, 7) is 4.22. The van der Waals surface area contributed by atoms with Crippen LogP contribution in [-0.2, 0) is 11.2 Å². The van der Waals surface area contributed by atoms with Crippen LogP contribution in [0.15, 0.2) is 22.8 Å². The molecule has 1 saturated heterocycles. The van der Waals surface area contributed by atoms with Crippen molar-refractivity contribution in [3.63, 3.8) is 0 Å². The SMILES string of the molecule is CC(NC(=O)CCc1ccco1)C1CCCNC1. The molecule has 2 unspecified atom stereocenters. The summed E-state index contributed by atoms with van der Waals surface area (Å²) in [4.78, 5) is 11.8. The molecule has 2 N–H and O–H groups in total. The molecule has 1 amide bonds. The molecular formula is C14H22N2O2. The van der Waals surface area contributed by atoms with Gasteiger partial charge in [-0.25, -0.2) is 0 Å². The zero-order valence-electron chi connectivity index (χ0n) is 10.9. The Balaban J connectivity index is 1.69. The maximum absolute atomic E-state index is 11.8. The predicted octanol–water partition coefficient (Wildman–Crippen LogP) is 1.72. The summed E-state index contributed by atoms with van der Waals surface area (Å²) in [6, 6.07) is 4.01. The van der Waals surface area contributed by atoms with E-state index >= 15 is 0 Å². The standard InChI is InChI=1S/C14H22N2O2/c1-11(12-4-2-8-15-10-12)16-14(17)7-6-13-5-3-9-18-13/h3,5,9,11-12,15H,2,4,6-8,10H2,1H3,(H,16,17). The first-order valence-electron chi connectivity index (χ1n) is 6.78. The molecule has 1 aliphatic heterocycles. The predicted molar refractivity (Wildman–Crippen MR) is 70.2 cm³/mol. The van der Waals surface area contributed by atoms with Crippen LogP contribution < -0.4 is 10.6 Å². The van der Waals surface area contributed by atoms with Gasteiger partial charge < -0.3 is 15.1 Å². The maximum Gasteiger partial charge on any atom is 0.220 e. The first kappa shape index (κ1) is 13.1. The Hall–Kier alpha value is -1.29. The van der Waals surface area contributed by atoms with Crippen LogP contribution in [0.1, 0.15) is 31.9 Å². The molecule has 0 bridgehead atoms. The van der Waals surface area contributed by atoms with Gasteiger partial charge >= 0.3 is 0 Å². The number of hydrogen-bond acceptors (Lipinski definition) is 3. The highest BCUT2D eigenvalue weighted by molar-refractivity contribution is 5.76. The Morgan fingerprint density at radius 3 is 3.22 bits per heavy atom. The van der Waals surface area contributed by atoms with E-state index in [1.54, 1.807) is 6.26 Å². The van der Waals surface area contributed by atoms with Gasteiger partial charge in [-0.15, -0.1) is 0 Å². The first-order valence-corrected chi connectivity index (χ1v) is 6.78. The molecule has 1 aromatic rings. The Morgan fingerprint density at radius 1 is 1.67 bits per heavy atom. The van der Waals surface area contributed by atoms with Gasteiger partial charge in [-0.05, 0) is 50.9 Å². The van der Waals surface area contributed by atoms with Gasteiger partial charge in [0.05, 0.1) is 6.26 Å². The van der Waals surface area contributed by atoms with Gasteiger partial charge in [-0.3, -0.25) is 4.79 Å². The molecule has 2 atom stereocenters. The number of rotatable bonds is 5. The number of nitrogens with one attached hydrogen (secondary N) is 2. The Labute approximate surface area is 108 Å². The highest BCUT2D eigenvalue weighted by Crippen LogP contribution is 2.14. The van der Waals surface area contributed by atoms with Gasteiger partial charge in [-0.2, -0.15) is 0 Å². The number of furan rings is 1. The first-order chi connectivity index (χ1) is 8.75. The fourth-order valence-corrected chi connectivity index (χ4v) is 2.44. The van der Waals surface area contributed by atoms with Crippen molar-refractivity contribution in [1.82, 2.24) is 10.6 Å². The van der Waals surface area contributed by atoms with Gasteiger partial charge in [0.25, 0.3) is 0 Å². The van der Waals surface area contributed by atoms with E-state index in [1.165, 1.54) is 12.8 Å². The molecule has 0 aromatic carbocycles. The zero-order chi connectivity index (χ0) is 12.8. The quantitative estimate of drug-likeness (QED) is 0.836. The zero-order valence-corrected chi connectivity index (χ0v) is 10.9. The molecule has 2 heterocycles. The highest BCUT2D eigenvalue weighted by Gasteiger charge is 2.21. The van der Waals surface area contributed by atoms with Crippen molar-refractivity contribution in [2.24, 2.45) is 5.92 Å². The Kier molecular flexibility index (Phi) is 4.81. The molecule has 100 valence electrons. The minimum Gasteiger partial charge on any atom is -0.469 e. The number of carbonyl (C=O) groups excluding carboxylic acids is 1. The van der Waals surface area contributed by atoms with Gasteiger partial charge in [0, 0.05) is 18.9 Å². The van der Waals surface area contributed by atoms with Crippen molar-refractivity contribution >= 4 is 5.91 Å². The molecule has 1 aromatic heterocycles. The number of piperidine rings is 1. The van der Waals surface area contributed by atoms with Gasteiger partial charge in [0.1, 0.15) is 5.76 Å². The summed E-state index contributed by atoms with van der Waals surface area (Å²) in [5, 5.41) is 6.47. The molecule has 18 heavy (non-hydrogen) atoms. The van der Waals surface area contributed by atoms with Crippen LogP contribution in [0.3, 0.4) is 0 Å². The van der Waals surface area contributed by atoms with E-state index in [9.17, 15) is 4.79 Å². The van der Waals surface area contributed by atoms with Crippen molar-refractivity contribution < 1.29 is 9.21 Å². The topological polar surface area (TPSA) is 54.3 Å². The second-order valence-corrected chi connectivity index (χ2v) is 5.04. The number of aryl methyl sites for hydroxylation is 1. The summed E-state index contributed by atoms with van der Waals surface area (Å²) < 4.78 is 5.22. The second-order valence-electron chi connectivity index (χ2n) is 5.04. The highest BCUT2D eigenvalue weighted by atomic mass is 16.3. The summed E-state index contributed by atoms with van der Waals surface area (Å²) in [5.41, 5.74) is 0. The number of carbonyl (C=O) groups is 1. The molecular weight excluding hydrogens is 228 g/mol. The van der Waals surface area contributed by atoms with Crippen LogP contribution in [0, 0.1) is 5.92 Å². The van der Waals surface area contributed by atoms with E-state index in [0.717, 1.165) is 18.8 Å². The van der Waals surface area contributed by atoms with Crippen molar-refractivity contribution in [2.45, 2.75) is 38.6 Å². The fourth-order valence-electron chi connectivity index (χ4n) is 2.44. The minimum absolute atomic E-state index is 0.115. The molecule has 0 radical (unpaired) electrons. The van der Waals surface area contributed by atoms with E-state index in [1.807, 2.05) is 12.1 Å². The van der Waals surface area contributed by atoms with E-state index in [0.29, 0.717) is 18.8 Å². The third-order valence-electron chi connectivity index (χ3n) is 3.61. The molecule has 1 aliphatic rings. The normalized spacial score (nSPS) is 21.5. The Morgan fingerprint density at radius 2 is 2.56 bits per heavy atom. The van der Waals surface area contributed by atoms with Crippen LogP contribution in [-0.4, -0.2) is 25.0 Å². The lowest BCUT2D eigenvalue weighted by atomic mass is 9.93. The number of amides is 1. The van der Waals surface area contributed by atoms with Gasteiger partial charge in [0.2, 0.25) is 5.91 Å². The third-order valence-corrected chi connectivity index (χ3v) is 3.61. The molecule has 0 aliphatic carbocycles.